The lowest BCUT2D eigenvalue weighted by atomic mass is 9.56. The summed E-state index contributed by atoms with van der Waals surface area (Å²) in [5, 5.41) is 32.6. The zero-order chi connectivity index (χ0) is 21.8. The average molecular weight is 403 g/mol. The maximum Gasteiger partial charge on any atom is 0.119 e. The van der Waals surface area contributed by atoms with Crippen LogP contribution in [0.1, 0.15) is 65.6 Å². The molecule has 0 spiro atoms. The van der Waals surface area contributed by atoms with E-state index in [9.17, 15) is 15.3 Å². The van der Waals surface area contributed by atoms with Crippen molar-refractivity contribution in [3.8, 4) is 17.2 Å². The molecule has 0 amide bonds. The van der Waals surface area contributed by atoms with Gasteiger partial charge in [0.05, 0.1) is 0 Å². The Bertz CT molecular complexity index is 1060. The van der Waals surface area contributed by atoms with Gasteiger partial charge in [0.2, 0.25) is 0 Å². The van der Waals surface area contributed by atoms with E-state index in [0.717, 1.165) is 51.8 Å². The van der Waals surface area contributed by atoms with Crippen molar-refractivity contribution in [1.82, 2.24) is 0 Å². The van der Waals surface area contributed by atoms with Crippen LogP contribution >= 0.6 is 0 Å². The topological polar surface area (TPSA) is 60.7 Å². The third-order valence-electron chi connectivity index (χ3n) is 7.11. The third-order valence-corrected chi connectivity index (χ3v) is 7.11. The minimum absolute atomic E-state index is 0.233. The Morgan fingerprint density at radius 3 is 1.53 bits per heavy atom. The molecular weight excluding hydrogens is 372 g/mol. The molecule has 3 nitrogen and oxygen atoms in total. The van der Waals surface area contributed by atoms with Crippen LogP contribution < -0.4 is 0 Å². The molecule has 3 aromatic carbocycles. The van der Waals surface area contributed by atoms with Crippen molar-refractivity contribution in [3.63, 3.8) is 0 Å². The van der Waals surface area contributed by atoms with Crippen molar-refractivity contribution >= 4 is 0 Å². The lowest BCUT2D eigenvalue weighted by Gasteiger charge is -2.47. The minimum Gasteiger partial charge on any atom is -0.508 e. The van der Waals surface area contributed by atoms with Crippen LogP contribution in [0.2, 0.25) is 0 Å². The number of hydrogen-bond acceptors (Lipinski definition) is 3. The van der Waals surface area contributed by atoms with Crippen molar-refractivity contribution in [2.24, 2.45) is 0 Å². The molecule has 0 bridgehead atoms. The molecule has 1 aliphatic carbocycles. The molecule has 0 unspecified atom stereocenters. The lowest BCUT2D eigenvalue weighted by Crippen LogP contribution is -2.39. The molecule has 156 valence electrons. The molecule has 0 saturated heterocycles. The Kier molecular flexibility index (Phi) is 4.61. The van der Waals surface area contributed by atoms with Crippen LogP contribution in [0.25, 0.3) is 0 Å². The van der Waals surface area contributed by atoms with E-state index in [1.165, 1.54) is 0 Å². The van der Waals surface area contributed by atoms with E-state index in [0.29, 0.717) is 0 Å². The normalized spacial score (nSPS) is 23.2. The fourth-order valence-electron chi connectivity index (χ4n) is 5.44. The molecule has 3 heteroatoms. The van der Waals surface area contributed by atoms with Crippen LogP contribution in [0.4, 0.5) is 0 Å². The van der Waals surface area contributed by atoms with E-state index in [1.807, 2.05) is 38.1 Å². The number of rotatable bonds is 2. The highest BCUT2D eigenvalue weighted by Gasteiger charge is 2.48. The van der Waals surface area contributed by atoms with Gasteiger partial charge in [0.25, 0.3) is 0 Å². The summed E-state index contributed by atoms with van der Waals surface area (Å²) in [6.07, 6.45) is 1.52. The van der Waals surface area contributed by atoms with Gasteiger partial charge < -0.3 is 15.3 Å². The second-order valence-corrected chi connectivity index (χ2v) is 9.36. The summed E-state index contributed by atoms with van der Waals surface area (Å²) in [6.45, 7) is 10.4. The van der Waals surface area contributed by atoms with Gasteiger partial charge in [-0.2, -0.15) is 0 Å². The molecule has 3 N–H and O–H groups in total. The summed E-state index contributed by atoms with van der Waals surface area (Å²) in [5.41, 5.74) is 5.84. The van der Waals surface area contributed by atoms with Gasteiger partial charge in [-0.1, -0.05) is 55.3 Å². The smallest absolute Gasteiger partial charge is 0.119 e. The van der Waals surface area contributed by atoms with Gasteiger partial charge >= 0.3 is 0 Å². The fourth-order valence-corrected chi connectivity index (χ4v) is 5.44. The average Bonchev–Trinajstić information content (AvgIpc) is 2.70. The molecule has 30 heavy (non-hydrogen) atoms. The largest absolute Gasteiger partial charge is 0.508 e. The lowest BCUT2D eigenvalue weighted by molar-refractivity contribution is 0.332. The van der Waals surface area contributed by atoms with Gasteiger partial charge in [0, 0.05) is 27.5 Å². The second kappa shape index (κ2) is 6.80. The van der Waals surface area contributed by atoms with Crippen LogP contribution in [0.3, 0.4) is 0 Å². The van der Waals surface area contributed by atoms with Gasteiger partial charge in [-0.3, -0.25) is 0 Å². The van der Waals surface area contributed by atoms with Crippen molar-refractivity contribution in [2.45, 2.75) is 58.3 Å². The maximum atomic E-state index is 11.1. The Morgan fingerprint density at radius 1 is 0.600 bits per heavy atom. The van der Waals surface area contributed by atoms with Crippen molar-refractivity contribution in [1.29, 1.82) is 0 Å². The van der Waals surface area contributed by atoms with Gasteiger partial charge in [0.1, 0.15) is 17.2 Å². The molecular formula is C27H30O3. The summed E-state index contributed by atoms with van der Waals surface area (Å²) in [5.74, 6) is 0.757. The van der Waals surface area contributed by atoms with Crippen molar-refractivity contribution < 1.29 is 15.3 Å². The number of phenolic OH excluding ortho intramolecular Hbond substituents is 3. The predicted molar refractivity (Wildman–Crippen MR) is 121 cm³/mol. The number of aromatic hydroxyl groups is 3. The monoisotopic (exact) mass is 402 g/mol. The molecule has 0 radical (unpaired) electrons. The maximum absolute atomic E-state index is 11.1. The highest BCUT2D eigenvalue weighted by atomic mass is 16.3. The van der Waals surface area contributed by atoms with E-state index >= 15 is 0 Å². The van der Waals surface area contributed by atoms with Gasteiger partial charge in [-0.25, -0.2) is 0 Å². The van der Waals surface area contributed by atoms with Crippen LogP contribution in [0.15, 0.2) is 48.5 Å². The summed E-state index contributed by atoms with van der Waals surface area (Å²) in [7, 11) is 0. The molecule has 0 heterocycles. The number of aryl methyl sites for hydroxylation is 3. The van der Waals surface area contributed by atoms with Gasteiger partial charge in [-0.15, -0.1) is 0 Å². The number of fused-ring (bicyclic) bond motifs is 1. The fraction of sp³-hybridized carbons (Fsp3) is 0.333. The summed E-state index contributed by atoms with van der Waals surface area (Å²) in [6, 6.07) is 15.1. The minimum atomic E-state index is -0.541. The summed E-state index contributed by atoms with van der Waals surface area (Å²) < 4.78 is 0. The van der Waals surface area contributed by atoms with E-state index in [1.54, 1.807) is 18.2 Å². The van der Waals surface area contributed by atoms with Crippen molar-refractivity contribution in [3.05, 3.63) is 87.5 Å². The summed E-state index contributed by atoms with van der Waals surface area (Å²) in [4.78, 5) is 0. The number of benzene rings is 3. The van der Waals surface area contributed by atoms with Crippen LogP contribution in [-0.2, 0) is 10.8 Å². The van der Waals surface area contributed by atoms with Crippen LogP contribution in [0, 0.1) is 20.8 Å². The molecule has 2 atom stereocenters. The zero-order valence-corrected chi connectivity index (χ0v) is 18.4. The first kappa shape index (κ1) is 20.3. The zero-order valence-electron chi connectivity index (χ0n) is 18.4. The van der Waals surface area contributed by atoms with E-state index < -0.39 is 10.8 Å². The molecule has 0 aliphatic heterocycles. The van der Waals surface area contributed by atoms with E-state index in [-0.39, 0.29) is 17.2 Å². The van der Waals surface area contributed by atoms with Crippen LogP contribution in [0.5, 0.6) is 17.2 Å². The first-order valence-electron chi connectivity index (χ1n) is 10.5. The molecule has 4 rings (SSSR count). The quantitative estimate of drug-likeness (QED) is 0.483. The number of hydrogen-bond donors (Lipinski definition) is 3. The summed E-state index contributed by atoms with van der Waals surface area (Å²) >= 11 is 0. The first-order chi connectivity index (χ1) is 14.1. The second-order valence-electron chi connectivity index (χ2n) is 9.36. The first-order valence-corrected chi connectivity index (χ1v) is 10.5. The SMILES string of the molecule is Cc1ccc(O)c([C@@]2(C)CC[C@](C)(c3cc(C)ccc3O)c3c(O)ccc(C)c32)c1. The van der Waals surface area contributed by atoms with Crippen LogP contribution in [-0.4, -0.2) is 15.3 Å². The third kappa shape index (κ3) is 2.87. The highest BCUT2D eigenvalue weighted by molar-refractivity contribution is 5.63. The Labute approximate surface area is 178 Å². The molecule has 0 saturated carbocycles. The van der Waals surface area contributed by atoms with Gasteiger partial charge in [-0.05, 0) is 62.9 Å². The molecule has 1 aliphatic rings. The van der Waals surface area contributed by atoms with E-state index in [2.05, 4.69) is 26.8 Å². The predicted octanol–water partition coefficient (Wildman–Crippen LogP) is 6.13. The molecule has 3 aromatic rings. The Hall–Kier alpha value is -2.94. The van der Waals surface area contributed by atoms with Gasteiger partial charge in [0.15, 0.2) is 0 Å². The standard InChI is InChI=1S/C27H30O3/c1-16-6-9-21(28)19(14-16)26(4)12-13-27(5,20-15-17(2)7-10-22(20)29)25-23(30)11-8-18(3)24(25)26/h6-11,14-15,28-30H,12-13H2,1-5H3/t26-,27-/m1/s1. The molecule has 0 fully saturated rings. The Balaban J connectivity index is 2.06. The Morgan fingerprint density at radius 2 is 1.03 bits per heavy atom. The van der Waals surface area contributed by atoms with Crippen molar-refractivity contribution in [2.75, 3.05) is 0 Å². The molecule has 0 aromatic heterocycles. The number of phenols is 3. The van der Waals surface area contributed by atoms with E-state index in [4.69, 9.17) is 0 Å². The highest BCUT2D eigenvalue weighted by Crippen LogP contribution is 2.57.